The first-order valence-electron chi connectivity index (χ1n) is 6.48. The van der Waals surface area contributed by atoms with Crippen molar-refractivity contribution in [2.24, 2.45) is 0 Å². The van der Waals surface area contributed by atoms with E-state index >= 15 is 0 Å². The molecule has 1 unspecified atom stereocenters. The third-order valence-corrected chi connectivity index (χ3v) is 3.72. The molecule has 0 spiro atoms. The molecule has 1 aromatic heterocycles. The number of amides is 1. The van der Waals surface area contributed by atoms with Gasteiger partial charge in [-0.1, -0.05) is 0 Å². The predicted molar refractivity (Wildman–Crippen MR) is 65.5 cm³/mol. The molecule has 1 aromatic rings. The van der Waals surface area contributed by atoms with Gasteiger partial charge in [-0.25, -0.2) is 0 Å². The molecule has 19 heavy (non-hydrogen) atoms. The summed E-state index contributed by atoms with van der Waals surface area (Å²) < 4.78 is 9.90. The Labute approximate surface area is 110 Å². The fourth-order valence-electron chi connectivity index (χ4n) is 2.62. The molecule has 0 aromatic carbocycles. The molecule has 0 aliphatic carbocycles. The Morgan fingerprint density at radius 3 is 2.63 bits per heavy atom. The van der Waals surface area contributed by atoms with Gasteiger partial charge in [0.1, 0.15) is 12.3 Å². The lowest BCUT2D eigenvalue weighted by Crippen LogP contribution is -2.53. The molecule has 0 radical (unpaired) electrons. The number of esters is 1. The maximum atomic E-state index is 12.1. The van der Waals surface area contributed by atoms with Crippen molar-refractivity contribution in [3.8, 4) is 0 Å². The Balaban J connectivity index is 1.57. The number of ether oxygens (including phenoxy) is 1. The van der Waals surface area contributed by atoms with Gasteiger partial charge in [0.2, 0.25) is 0 Å². The summed E-state index contributed by atoms with van der Waals surface area (Å²) >= 11 is 0. The van der Waals surface area contributed by atoms with E-state index in [1.807, 2.05) is 0 Å². The van der Waals surface area contributed by atoms with Gasteiger partial charge in [-0.2, -0.15) is 0 Å². The van der Waals surface area contributed by atoms with Crippen LogP contribution >= 0.6 is 0 Å². The van der Waals surface area contributed by atoms with Crippen LogP contribution in [-0.2, 0) is 9.53 Å². The van der Waals surface area contributed by atoms with Crippen LogP contribution < -0.4 is 0 Å². The zero-order valence-electron chi connectivity index (χ0n) is 10.6. The largest absolute Gasteiger partial charge is 0.472 e. The Hall–Kier alpha value is -1.82. The SMILES string of the molecule is O=C1OCCC1N1CCN(C(=O)c2ccoc2)CC1. The van der Waals surface area contributed by atoms with Gasteiger partial charge >= 0.3 is 5.97 Å². The van der Waals surface area contributed by atoms with E-state index in [9.17, 15) is 9.59 Å². The fourth-order valence-corrected chi connectivity index (χ4v) is 2.62. The number of piperazine rings is 1. The van der Waals surface area contributed by atoms with E-state index in [4.69, 9.17) is 9.15 Å². The molecule has 6 heteroatoms. The van der Waals surface area contributed by atoms with E-state index in [1.165, 1.54) is 12.5 Å². The molecular weight excluding hydrogens is 248 g/mol. The third-order valence-electron chi connectivity index (χ3n) is 3.72. The van der Waals surface area contributed by atoms with Crippen LogP contribution in [0.1, 0.15) is 16.8 Å². The lowest BCUT2D eigenvalue weighted by molar-refractivity contribution is -0.142. The minimum absolute atomic E-state index is 0.0117. The summed E-state index contributed by atoms with van der Waals surface area (Å²) in [6.45, 7) is 3.20. The summed E-state index contributed by atoms with van der Waals surface area (Å²) in [5, 5.41) is 0. The van der Waals surface area contributed by atoms with Gasteiger partial charge in [-0.3, -0.25) is 14.5 Å². The molecule has 3 heterocycles. The number of hydrogen-bond donors (Lipinski definition) is 0. The van der Waals surface area contributed by atoms with Crippen molar-refractivity contribution < 1.29 is 18.7 Å². The van der Waals surface area contributed by atoms with Crippen LogP contribution in [0.3, 0.4) is 0 Å². The molecule has 2 saturated heterocycles. The van der Waals surface area contributed by atoms with Crippen molar-refractivity contribution in [1.29, 1.82) is 0 Å². The molecule has 2 aliphatic rings. The van der Waals surface area contributed by atoms with E-state index in [1.54, 1.807) is 11.0 Å². The molecule has 0 bridgehead atoms. The quantitative estimate of drug-likeness (QED) is 0.721. The summed E-state index contributed by atoms with van der Waals surface area (Å²) in [4.78, 5) is 27.5. The molecule has 1 amide bonds. The van der Waals surface area contributed by atoms with Crippen LogP contribution in [0, 0.1) is 0 Å². The van der Waals surface area contributed by atoms with Crippen molar-refractivity contribution >= 4 is 11.9 Å². The van der Waals surface area contributed by atoms with Crippen LogP contribution in [0.2, 0.25) is 0 Å². The second-order valence-electron chi connectivity index (χ2n) is 4.81. The van der Waals surface area contributed by atoms with Crippen LogP contribution in [0.25, 0.3) is 0 Å². The number of rotatable bonds is 2. The van der Waals surface area contributed by atoms with Crippen molar-refractivity contribution in [2.45, 2.75) is 12.5 Å². The zero-order chi connectivity index (χ0) is 13.2. The van der Waals surface area contributed by atoms with Crippen LogP contribution in [0.15, 0.2) is 23.0 Å². The smallest absolute Gasteiger partial charge is 0.323 e. The molecule has 3 rings (SSSR count). The monoisotopic (exact) mass is 264 g/mol. The van der Waals surface area contributed by atoms with Crippen LogP contribution in [0.5, 0.6) is 0 Å². The highest BCUT2D eigenvalue weighted by Crippen LogP contribution is 2.17. The molecule has 0 saturated carbocycles. The second-order valence-corrected chi connectivity index (χ2v) is 4.81. The average molecular weight is 264 g/mol. The normalized spacial score (nSPS) is 24.5. The Bertz CT molecular complexity index is 463. The fraction of sp³-hybridized carbons (Fsp3) is 0.538. The van der Waals surface area contributed by atoms with Gasteiger partial charge < -0.3 is 14.1 Å². The lowest BCUT2D eigenvalue weighted by Gasteiger charge is -2.36. The summed E-state index contributed by atoms with van der Waals surface area (Å²) in [5.41, 5.74) is 0.578. The number of nitrogens with zero attached hydrogens (tertiary/aromatic N) is 2. The van der Waals surface area contributed by atoms with Crippen molar-refractivity contribution in [3.05, 3.63) is 24.2 Å². The number of carbonyl (C=O) groups is 2. The van der Waals surface area contributed by atoms with Gasteiger partial charge in [0.05, 0.1) is 18.4 Å². The van der Waals surface area contributed by atoms with Crippen molar-refractivity contribution in [2.75, 3.05) is 32.8 Å². The first kappa shape index (κ1) is 12.2. The summed E-state index contributed by atoms with van der Waals surface area (Å²) in [6, 6.07) is 1.55. The van der Waals surface area contributed by atoms with Crippen molar-refractivity contribution in [1.82, 2.24) is 9.80 Å². The molecule has 6 nitrogen and oxygen atoms in total. The van der Waals surface area contributed by atoms with Gasteiger partial charge in [0.15, 0.2) is 0 Å². The minimum Gasteiger partial charge on any atom is -0.472 e. The molecular formula is C13H16N2O4. The van der Waals surface area contributed by atoms with E-state index in [-0.39, 0.29) is 17.9 Å². The summed E-state index contributed by atoms with van der Waals surface area (Å²) in [6.07, 6.45) is 3.72. The van der Waals surface area contributed by atoms with Gasteiger partial charge in [0, 0.05) is 32.6 Å². The van der Waals surface area contributed by atoms with Gasteiger partial charge in [-0.15, -0.1) is 0 Å². The predicted octanol–water partition coefficient (Wildman–Crippen LogP) is 0.353. The van der Waals surface area contributed by atoms with E-state index in [0.717, 1.165) is 6.42 Å². The molecule has 1 atom stereocenters. The summed E-state index contributed by atoms with van der Waals surface area (Å²) in [5.74, 6) is -0.142. The highest BCUT2D eigenvalue weighted by molar-refractivity contribution is 5.93. The second kappa shape index (κ2) is 5.05. The lowest BCUT2D eigenvalue weighted by atomic mass is 10.1. The van der Waals surface area contributed by atoms with E-state index in [2.05, 4.69) is 4.90 Å². The summed E-state index contributed by atoms with van der Waals surface area (Å²) in [7, 11) is 0. The Morgan fingerprint density at radius 2 is 2.05 bits per heavy atom. The zero-order valence-corrected chi connectivity index (χ0v) is 10.6. The molecule has 0 N–H and O–H groups in total. The maximum absolute atomic E-state index is 12.1. The third kappa shape index (κ3) is 2.35. The van der Waals surface area contributed by atoms with Gasteiger partial charge in [0.25, 0.3) is 5.91 Å². The van der Waals surface area contributed by atoms with Crippen molar-refractivity contribution in [3.63, 3.8) is 0 Å². The number of cyclic esters (lactones) is 1. The Morgan fingerprint density at radius 1 is 1.26 bits per heavy atom. The maximum Gasteiger partial charge on any atom is 0.323 e. The first-order chi connectivity index (χ1) is 9.25. The topological polar surface area (TPSA) is 63.0 Å². The Kier molecular flexibility index (Phi) is 3.25. The number of hydrogen-bond acceptors (Lipinski definition) is 5. The standard InChI is InChI=1S/C13H16N2O4/c16-12(10-1-7-18-9-10)15-5-3-14(4-6-15)11-2-8-19-13(11)17/h1,7,9,11H,2-6,8H2. The van der Waals surface area contributed by atoms with Crippen LogP contribution in [-0.4, -0.2) is 60.5 Å². The molecule has 2 aliphatic heterocycles. The van der Waals surface area contributed by atoms with Gasteiger partial charge in [-0.05, 0) is 6.07 Å². The first-order valence-corrected chi connectivity index (χ1v) is 6.48. The minimum atomic E-state index is -0.130. The highest BCUT2D eigenvalue weighted by atomic mass is 16.5. The molecule has 2 fully saturated rings. The average Bonchev–Trinajstić information content (AvgIpc) is 3.09. The highest BCUT2D eigenvalue weighted by Gasteiger charge is 2.34. The van der Waals surface area contributed by atoms with Crippen LogP contribution in [0.4, 0.5) is 0 Å². The molecule has 102 valence electrons. The number of furan rings is 1. The van der Waals surface area contributed by atoms with E-state index in [0.29, 0.717) is 38.3 Å². The van der Waals surface area contributed by atoms with E-state index < -0.39 is 0 Å². The number of carbonyl (C=O) groups excluding carboxylic acids is 2.